The Morgan fingerprint density at radius 3 is 2.77 bits per heavy atom. The minimum atomic E-state index is -3.08. The molecule has 1 atom stereocenters. The SMILES string of the molecule is Cc1cc(-c2c(C)[nH]n(-c3nc(-c4sccc4Cl)cs3)c2=O)n([C@@H]2CCS(=O)(=O)C2)n1. The molecule has 1 fully saturated rings. The molecule has 0 radical (unpaired) electrons. The van der Waals surface area contributed by atoms with E-state index in [1.807, 2.05) is 36.7 Å². The monoisotopic (exact) mass is 495 g/mol. The fourth-order valence-electron chi connectivity index (χ4n) is 3.88. The quantitative estimate of drug-likeness (QED) is 0.463. The molecule has 0 aliphatic carbocycles. The molecule has 0 unspecified atom stereocenters. The number of thiophene rings is 1. The normalized spacial score (nSPS) is 18.1. The molecule has 4 aromatic rings. The van der Waals surface area contributed by atoms with Crippen molar-refractivity contribution in [2.24, 2.45) is 0 Å². The number of nitrogens with one attached hydrogen (secondary N) is 1. The van der Waals surface area contributed by atoms with E-state index >= 15 is 0 Å². The van der Waals surface area contributed by atoms with E-state index in [1.54, 1.807) is 4.68 Å². The Morgan fingerprint density at radius 1 is 1.29 bits per heavy atom. The van der Waals surface area contributed by atoms with Gasteiger partial charge in [-0.2, -0.15) is 9.78 Å². The number of hydrogen-bond donors (Lipinski definition) is 1. The predicted molar refractivity (Wildman–Crippen MR) is 123 cm³/mol. The number of hydrogen-bond acceptors (Lipinski definition) is 7. The maximum atomic E-state index is 13.4. The van der Waals surface area contributed by atoms with E-state index in [-0.39, 0.29) is 23.1 Å². The molecule has 31 heavy (non-hydrogen) atoms. The molecule has 0 aromatic carbocycles. The van der Waals surface area contributed by atoms with Gasteiger partial charge in [0.1, 0.15) is 0 Å². The zero-order valence-electron chi connectivity index (χ0n) is 16.6. The van der Waals surface area contributed by atoms with Crippen molar-refractivity contribution in [2.45, 2.75) is 26.3 Å². The third-order valence-corrected chi connectivity index (χ3v) is 9.21. The van der Waals surface area contributed by atoms with Crippen molar-refractivity contribution in [2.75, 3.05) is 11.5 Å². The van der Waals surface area contributed by atoms with E-state index in [9.17, 15) is 13.2 Å². The molecule has 1 N–H and O–H groups in total. The number of aryl methyl sites for hydroxylation is 2. The molecule has 0 amide bonds. The lowest BCUT2D eigenvalue weighted by atomic mass is 10.1. The molecule has 4 aromatic heterocycles. The van der Waals surface area contributed by atoms with Crippen LogP contribution in [-0.2, 0) is 9.84 Å². The van der Waals surface area contributed by atoms with Crippen molar-refractivity contribution in [3.8, 4) is 27.0 Å². The number of aromatic amines is 1. The number of sulfone groups is 1. The van der Waals surface area contributed by atoms with Crippen molar-refractivity contribution in [1.82, 2.24) is 24.5 Å². The number of aromatic nitrogens is 5. The summed E-state index contributed by atoms with van der Waals surface area (Å²) in [5, 5.41) is 12.5. The highest BCUT2D eigenvalue weighted by Crippen LogP contribution is 2.35. The van der Waals surface area contributed by atoms with Gasteiger partial charge in [0, 0.05) is 11.1 Å². The summed E-state index contributed by atoms with van der Waals surface area (Å²) in [6, 6.07) is 3.37. The molecule has 8 nitrogen and oxygen atoms in total. The van der Waals surface area contributed by atoms with E-state index in [0.717, 1.165) is 16.3 Å². The second-order valence-corrected chi connectivity index (χ2v) is 11.9. The topological polar surface area (TPSA) is 103 Å². The summed E-state index contributed by atoms with van der Waals surface area (Å²) in [5.41, 5.74) is 2.95. The molecule has 0 bridgehead atoms. The highest BCUT2D eigenvalue weighted by molar-refractivity contribution is 7.91. The number of halogens is 1. The summed E-state index contributed by atoms with van der Waals surface area (Å²) in [6.07, 6.45) is 0.492. The summed E-state index contributed by atoms with van der Waals surface area (Å²) in [4.78, 5) is 18.8. The van der Waals surface area contributed by atoms with Crippen LogP contribution in [0.2, 0.25) is 5.02 Å². The lowest BCUT2D eigenvalue weighted by Crippen LogP contribution is -2.18. The first-order chi connectivity index (χ1) is 14.7. The maximum absolute atomic E-state index is 13.4. The van der Waals surface area contributed by atoms with Gasteiger partial charge in [0.05, 0.1) is 50.1 Å². The summed E-state index contributed by atoms with van der Waals surface area (Å²) in [7, 11) is -3.08. The Labute approximate surface area is 191 Å². The van der Waals surface area contributed by atoms with E-state index in [2.05, 4.69) is 15.2 Å². The first kappa shape index (κ1) is 20.7. The molecular weight excluding hydrogens is 478 g/mol. The van der Waals surface area contributed by atoms with Crippen LogP contribution in [0.1, 0.15) is 23.9 Å². The van der Waals surface area contributed by atoms with Crippen LogP contribution in [0.3, 0.4) is 0 Å². The van der Waals surface area contributed by atoms with Crippen LogP contribution in [0.5, 0.6) is 0 Å². The van der Waals surface area contributed by atoms with Crippen molar-refractivity contribution < 1.29 is 8.42 Å². The van der Waals surface area contributed by atoms with Gasteiger partial charge in [-0.3, -0.25) is 14.6 Å². The Kier molecular flexibility index (Phi) is 4.96. The molecule has 0 saturated carbocycles. The van der Waals surface area contributed by atoms with Gasteiger partial charge >= 0.3 is 0 Å². The predicted octanol–water partition coefficient (Wildman–Crippen LogP) is 3.84. The third-order valence-electron chi connectivity index (χ3n) is 5.27. The van der Waals surface area contributed by atoms with Crippen LogP contribution < -0.4 is 5.56 Å². The van der Waals surface area contributed by atoms with Crippen LogP contribution in [0.25, 0.3) is 27.0 Å². The van der Waals surface area contributed by atoms with E-state index in [1.165, 1.54) is 27.4 Å². The zero-order chi connectivity index (χ0) is 21.9. The molecule has 1 aliphatic heterocycles. The molecule has 0 spiro atoms. The van der Waals surface area contributed by atoms with Crippen molar-refractivity contribution in [3.05, 3.63) is 49.7 Å². The molecule has 1 saturated heterocycles. The summed E-state index contributed by atoms with van der Waals surface area (Å²) in [5.74, 6) is 0.176. The molecule has 5 heterocycles. The fraction of sp³-hybridized carbons (Fsp3) is 0.316. The smallest absolute Gasteiger partial charge is 0.283 e. The average Bonchev–Trinajstić information content (AvgIpc) is 3.49. The summed E-state index contributed by atoms with van der Waals surface area (Å²) in [6.45, 7) is 3.65. The van der Waals surface area contributed by atoms with Gasteiger partial charge in [0.15, 0.2) is 9.84 Å². The zero-order valence-corrected chi connectivity index (χ0v) is 19.8. The number of nitrogens with zero attached hydrogens (tertiary/aromatic N) is 4. The Balaban J connectivity index is 1.58. The Bertz CT molecular complexity index is 1460. The van der Waals surface area contributed by atoms with Crippen molar-refractivity contribution >= 4 is 44.1 Å². The van der Waals surface area contributed by atoms with Crippen molar-refractivity contribution in [1.29, 1.82) is 0 Å². The maximum Gasteiger partial charge on any atom is 0.283 e. The standard InChI is InChI=1S/C19H18ClN5O3S3/c1-10-7-15(24(22-10)12-4-6-31(27,28)9-12)16-11(2)23-25(18(16)26)19-21-14(8-30-19)17-13(20)3-5-29-17/h3,5,7-8,12,23H,4,6,9H2,1-2H3/t12-/m1/s1. The van der Waals surface area contributed by atoms with Crippen LogP contribution >= 0.6 is 34.3 Å². The molecular formula is C19H18ClN5O3S3. The van der Waals surface area contributed by atoms with Gasteiger partial charge in [0.2, 0.25) is 5.13 Å². The summed E-state index contributed by atoms with van der Waals surface area (Å²) < 4.78 is 27.1. The van der Waals surface area contributed by atoms with Crippen LogP contribution in [0.4, 0.5) is 0 Å². The number of thiazole rings is 1. The Morgan fingerprint density at radius 2 is 2.10 bits per heavy atom. The largest absolute Gasteiger partial charge is 0.293 e. The second kappa shape index (κ2) is 7.44. The average molecular weight is 496 g/mol. The lowest BCUT2D eigenvalue weighted by molar-refractivity contribution is 0.502. The van der Waals surface area contributed by atoms with Crippen LogP contribution in [0.15, 0.2) is 27.7 Å². The molecule has 5 rings (SSSR count). The van der Waals surface area contributed by atoms with Crippen molar-refractivity contribution in [3.63, 3.8) is 0 Å². The van der Waals surface area contributed by atoms with Gasteiger partial charge in [-0.15, -0.1) is 22.7 Å². The van der Waals surface area contributed by atoms with E-state index in [4.69, 9.17) is 11.6 Å². The van der Waals surface area contributed by atoms with Gasteiger partial charge in [-0.1, -0.05) is 11.6 Å². The number of rotatable bonds is 4. The fourth-order valence-corrected chi connectivity index (χ4v) is 7.53. The van der Waals surface area contributed by atoms with Crippen LogP contribution in [-0.4, -0.2) is 44.5 Å². The first-order valence-corrected chi connectivity index (χ1v) is 13.5. The first-order valence-electron chi connectivity index (χ1n) is 9.51. The minimum absolute atomic E-state index is 0.0379. The van der Waals surface area contributed by atoms with Gasteiger partial charge in [-0.05, 0) is 37.8 Å². The van der Waals surface area contributed by atoms with Gasteiger partial charge in [-0.25, -0.2) is 13.4 Å². The Hall–Kier alpha value is -2.21. The molecule has 12 heteroatoms. The lowest BCUT2D eigenvalue weighted by Gasteiger charge is -2.12. The van der Waals surface area contributed by atoms with E-state index < -0.39 is 9.84 Å². The van der Waals surface area contributed by atoms with E-state index in [0.29, 0.717) is 33.5 Å². The van der Waals surface area contributed by atoms with Gasteiger partial charge in [0.25, 0.3) is 5.56 Å². The second-order valence-electron chi connectivity index (χ2n) is 7.54. The summed E-state index contributed by atoms with van der Waals surface area (Å²) >= 11 is 9.05. The van der Waals surface area contributed by atoms with Gasteiger partial charge < -0.3 is 0 Å². The third kappa shape index (κ3) is 3.59. The minimum Gasteiger partial charge on any atom is -0.293 e. The van der Waals surface area contributed by atoms with Crippen LogP contribution in [0, 0.1) is 13.8 Å². The highest BCUT2D eigenvalue weighted by Gasteiger charge is 2.32. The molecule has 1 aliphatic rings. The number of H-pyrrole nitrogens is 1. The molecule has 162 valence electrons. The highest BCUT2D eigenvalue weighted by atomic mass is 35.5.